The molecular formula is C13H21N3O. The van der Waals surface area contributed by atoms with E-state index in [1.54, 1.807) is 13.2 Å². The average molecular weight is 235 g/mol. The molecule has 0 radical (unpaired) electrons. The number of nitrogens with zero attached hydrogens (tertiary/aromatic N) is 2. The number of aromatic nitrogens is 1. The van der Waals surface area contributed by atoms with Gasteiger partial charge in [0.05, 0.1) is 12.8 Å². The summed E-state index contributed by atoms with van der Waals surface area (Å²) in [7, 11) is 1.63. The zero-order valence-corrected chi connectivity index (χ0v) is 10.8. The van der Waals surface area contributed by atoms with Crippen molar-refractivity contribution in [2.24, 2.45) is 5.92 Å². The van der Waals surface area contributed by atoms with Crippen LogP contribution in [0.5, 0.6) is 5.88 Å². The second-order valence-electron chi connectivity index (χ2n) is 5.04. The third kappa shape index (κ3) is 2.81. The maximum atomic E-state index is 6.03. The summed E-state index contributed by atoms with van der Waals surface area (Å²) in [5.74, 6) is 2.10. The van der Waals surface area contributed by atoms with Gasteiger partial charge in [-0.3, -0.25) is 0 Å². The number of ether oxygens (including phenoxy) is 1. The first-order chi connectivity index (χ1) is 8.11. The van der Waals surface area contributed by atoms with Gasteiger partial charge < -0.3 is 15.4 Å². The number of hydrogen-bond donors (Lipinski definition) is 1. The van der Waals surface area contributed by atoms with E-state index in [-0.39, 0.29) is 0 Å². The summed E-state index contributed by atoms with van der Waals surface area (Å²) < 4.78 is 5.17. The quantitative estimate of drug-likeness (QED) is 0.850. The Hall–Kier alpha value is -1.45. The van der Waals surface area contributed by atoms with Crippen molar-refractivity contribution in [2.45, 2.75) is 32.7 Å². The number of anilines is 2. The standard InChI is InChI=1S/C13H21N3O/c1-9(2)8-16(10-4-5-10)13-11(14)6-7-12(15-13)17-3/h6-7,9-10H,4-5,8,14H2,1-3H3. The van der Waals surface area contributed by atoms with Gasteiger partial charge in [0.15, 0.2) is 5.82 Å². The van der Waals surface area contributed by atoms with Gasteiger partial charge in [-0.25, -0.2) is 0 Å². The monoisotopic (exact) mass is 235 g/mol. The van der Waals surface area contributed by atoms with Crippen molar-refractivity contribution in [3.63, 3.8) is 0 Å². The first-order valence-electron chi connectivity index (χ1n) is 6.19. The van der Waals surface area contributed by atoms with Crippen LogP contribution >= 0.6 is 0 Å². The van der Waals surface area contributed by atoms with E-state index in [2.05, 4.69) is 23.7 Å². The van der Waals surface area contributed by atoms with Crippen LogP contribution in [0.3, 0.4) is 0 Å². The summed E-state index contributed by atoms with van der Waals surface area (Å²) in [6.45, 7) is 5.42. The van der Waals surface area contributed by atoms with Gasteiger partial charge in [0, 0.05) is 18.7 Å². The topological polar surface area (TPSA) is 51.4 Å². The highest BCUT2D eigenvalue weighted by Gasteiger charge is 2.31. The van der Waals surface area contributed by atoms with Crippen LogP contribution in [0.2, 0.25) is 0 Å². The minimum atomic E-state index is 0.600. The number of hydrogen-bond acceptors (Lipinski definition) is 4. The first kappa shape index (κ1) is 12.0. The summed E-state index contributed by atoms with van der Waals surface area (Å²) in [5, 5.41) is 0. The van der Waals surface area contributed by atoms with E-state index in [1.165, 1.54) is 12.8 Å². The van der Waals surface area contributed by atoms with Crippen LogP contribution in [0.25, 0.3) is 0 Å². The SMILES string of the molecule is COc1ccc(N)c(N(CC(C)C)C2CC2)n1. The molecule has 1 fully saturated rings. The van der Waals surface area contributed by atoms with E-state index >= 15 is 0 Å². The third-order valence-electron chi connectivity index (χ3n) is 2.91. The van der Waals surface area contributed by atoms with Crippen molar-refractivity contribution in [1.82, 2.24) is 4.98 Å². The Balaban J connectivity index is 2.27. The van der Waals surface area contributed by atoms with Crippen molar-refractivity contribution in [1.29, 1.82) is 0 Å². The minimum Gasteiger partial charge on any atom is -0.481 e. The highest BCUT2D eigenvalue weighted by atomic mass is 16.5. The predicted octanol–water partition coefficient (Wildman–Crippen LogP) is 2.30. The number of rotatable bonds is 5. The molecule has 1 aromatic heterocycles. The molecule has 0 aliphatic heterocycles. The van der Waals surface area contributed by atoms with Crippen LogP contribution in [-0.2, 0) is 0 Å². The molecule has 0 saturated heterocycles. The van der Waals surface area contributed by atoms with Gasteiger partial charge in [-0.05, 0) is 24.8 Å². The molecule has 17 heavy (non-hydrogen) atoms. The average Bonchev–Trinajstić information content (AvgIpc) is 3.10. The van der Waals surface area contributed by atoms with Crippen molar-refractivity contribution in [2.75, 3.05) is 24.3 Å². The third-order valence-corrected chi connectivity index (χ3v) is 2.91. The Morgan fingerprint density at radius 3 is 2.71 bits per heavy atom. The van der Waals surface area contributed by atoms with Crippen molar-refractivity contribution < 1.29 is 4.74 Å². The van der Waals surface area contributed by atoms with Gasteiger partial charge in [-0.15, -0.1) is 0 Å². The lowest BCUT2D eigenvalue weighted by Gasteiger charge is -2.26. The Morgan fingerprint density at radius 1 is 1.47 bits per heavy atom. The summed E-state index contributed by atoms with van der Waals surface area (Å²) in [5.41, 5.74) is 6.76. The fourth-order valence-electron chi connectivity index (χ4n) is 1.97. The Morgan fingerprint density at radius 2 is 2.18 bits per heavy atom. The van der Waals surface area contributed by atoms with Gasteiger partial charge in [0.25, 0.3) is 0 Å². The van der Waals surface area contributed by atoms with Crippen molar-refractivity contribution >= 4 is 11.5 Å². The Kier molecular flexibility index (Phi) is 3.41. The van der Waals surface area contributed by atoms with E-state index in [0.717, 1.165) is 18.1 Å². The van der Waals surface area contributed by atoms with Crippen molar-refractivity contribution in [3.8, 4) is 5.88 Å². The lowest BCUT2D eigenvalue weighted by atomic mass is 10.2. The Bertz CT molecular complexity index is 388. The number of nitrogen functional groups attached to an aromatic ring is 1. The van der Waals surface area contributed by atoms with Crippen LogP contribution < -0.4 is 15.4 Å². The van der Waals surface area contributed by atoms with Crippen LogP contribution in [0.15, 0.2) is 12.1 Å². The summed E-state index contributed by atoms with van der Waals surface area (Å²) >= 11 is 0. The first-order valence-corrected chi connectivity index (χ1v) is 6.19. The molecule has 1 aliphatic rings. The number of methoxy groups -OCH3 is 1. The largest absolute Gasteiger partial charge is 0.481 e. The molecule has 4 nitrogen and oxygen atoms in total. The normalized spacial score (nSPS) is 15.1. The minimum absolute atomic E-state index is 0.600. The van der Waals surface area contributed by atoms with E-state index < -0.39 is 0 Å². The molecule has 94 valence electrons. The Labute approximate surface area is 103 Å². The van der Waals surface area contributed by atoms with Gasteiger partial charge in [0.1, 0.15) is 0 Å². The maximum absolute atomic E-state index is 6.03. The fraction of sp³-hybridized carbons (Fsp3) is 0.615. The second-order valence-corrected chi connectivity index (χ2v) is 5.04. The van der Waals surface area contributed by atoms with Gasteiger partial charge in [-0.1, -0.05) is 13.8 Å². The zero-order valence-electron chi connectivity index (χ0n) is 10.8. The van der Waals surface area contributed by atoms with E-state index in [0.29, 0.717) is 17.8 Å². The molecule has 0 aromatic carbocycles. The fourth-order valence-corrected chi connectivity index (χ4v) is 1.97. The molecule has 2 rings (SSSR count). The number of pyridine rings is 1. The van der Waals surface area contributed by atoms with Gasteiger partial charge in [-0.2, -0.15) is 4.98 Å². The molecule has 0 bridgehead atoms. The summed E-state index contributed by atoms with van der Waals surface area (Å²) in [6, 6.07) is 4.29. The summed E-state index contributed by atoms with van der Waals surface area (Å²) in [6.07, 6.45) is 2.48. The second kappa shape index (κ2) is 4.82. The van der Waals surface area contributed by atoms with Crippen LogP contribution in [-0.4, -0.2) is 24.7 Å². The molecule has 4 heteroatoms. The van der Waals surface area contributed by atoms with E-state index in [9.17, 15) is 0 Å². The zero-order chi connectivity index (χ0) is 12.4. The maximum Gasteiger partial charge on any atom is 0.215 e. The predicted molar refractivity (Wildman–Crippen MR) is 70.4 cm³/mol. The molecule has 2 N–H and O–H groups in total. The van der Waals surface area contributed by atoms with E-state index in [4.69, 9.17) is 10.5 Å². The van der Waals surface area contributed by atoms with Crippen LogP contribution in [0.4, 0.5) is 11.5 Å². The molecule has 1 aromatic rings. The molecule has 0 unspecified atom stereocenters. The molecular weight excluding hydrogens is 214 g/mol. The molecule has 0 atom stereocenters. The highest BCUT2D eigenvalue weighted by molar-refractivity contribution is 5.64. The molecule has 1 aliphatic carbocycles. The van der Waals surface area contributed by atoms with Gasteiger partial charge >= 0.3 is 0 Å². The lowest BCUT2D eigenvalue weighted by molar-refractivity contribution is 0.397. The van der Waals surface area contributed by atoms with E-state index in [1.807, 2.05) is 6.07 Å². The highest BCUT2D eigenvalue weighted by Crippen LogP contribution is 2.35. The molecule has 0 amide bonds. The molecule has 0 spiro atoms. The van der Waals surface area contributed by atoms with Crippen LogP contribution in [0.1, 0.15) is 26.7 Å². The lowest BCUT2D eigenvalue weighted by Crippen LogP contribution is -2.31. The molecule has 1 heterocycles. The summed E-state index contributed by atoms with van der Waals surface area (Å²) in [4.78, 5) is 6.81. The van der Waals surface area contributed by atoms with Gasteiger partial charge in [0.2, 0.25) is 5.88 Å². The van der Waals surface area contributed by atoms with Crippen molar-refractivity contribution in [3.05, 3.63) is 12.1 Å². The molecule has 1 saturated carbocycles. The number of nitrogens with two attached hydrogens (primary N) is 1. The smallest absolute Gasteiger partial charge is 0.215 e. The van der Waals surface area contributed by atoms with Crippen LogP contribution in [0, 0.1) is 5.92 Å².